The van der Waals surface area contributed by atoms with Crippen molar-refractivity contribution >= 4 is 16.2 Å². The van der Waals surface area contributed by atoms with Gasteiger partial charge in [-0.25, -0.2) is 0 Å². The van der Waals surface area contributed by atoms with E-state index in [0.29, 0.717) is 22.8 Å². The Morgan fingerprint density at radius 3 is 2.64 bits per heavy atom. The fraction of sp³-hybridized carbons (Fsp3) is 0.188. The molecule has 2 aromatic rings. The highest BCUT2D eigenvalue weighted by atomic mass is 32.2. The van der Waals surface area contributed by atoms with Crippen molar-refractivity contribution in [2.45, 2.75) is 4.90 Å². The van der Waals surface area contributed by atoms with Crippen LogP contribution in [0, 0.1) is 0 Å². The Morgan fingerprint density at radius 1 is 1.08 bits per heavy atom. The highest BCUT2D eigenvalue weighted by Gasteiger charge is 2.19. The van der Waals surface area contributed by atoms with Gasteiger partial charge < -0.3 is 18.9 Å². The van der Waals surface area contributed by atoms with Gasteiger partial charge in [0.1, 0.15) is 16.4 Å². The zero-order valence-electron chi connectivity index (χ0n) is 13.6. The molecular formula is C16H16N2O6S. The van der Waals surface area contributed by atoms with Crippen LogP contribution in [0.3, 0.4) is 0 Å². The highest BCUT2D eigenvalue weighted by molar-refractivity contribution is 7.89. The fourth-order valence-electron chi connectivity index (χ4n) is 2.21. The number of hydrogen-bond donors (Lipinski definition) is 1. The maximum Gasteiger partial charge on any atom is 0.280 e. The smallest absolute Gasteiger partial charge is 0.280 e. The normalized spacial score (nSPS) is 13.0. The molecule has 0 fully saturated rings. The van der Waals surface area contributed by atoms with Crippen LogP contribution in [0.4, 0.5) is 0 Å². The van der Waals surface area contributed by atoms with E-state index >= 15 is 0 Å². The quantitative estimate of drug-likeness (QED) is 0.620. The second kappa shape index (κ2) is 6.89. The van der Waals surface area contributed by atoms with Crippen LogP contribution in [0.5, 0.6) is 23.0 Å². The molecule has 2 aromatic carbocycles. The lowest BCUT2D eigenvalue weighted by molar-refractivity contribution is 0.174. The molecule has 1 N–H and O–H groups in total. The van der Waals surface area contributed by atoms with Gasteiger partial charge in [0, 0.05) is 6.07 Å². The fourth-order valence-corrected chi connectivity index (χ4v) is 3.15. The van der Waals surface area contributed by atoms with Crippen LogP contribution in [0.1, 0.15) is 5.56 Å². The Balaban J connectivity index is 1.78. The first-order valence-electron chi connectivity index (χ1n) is 7.20. The van der Waals surface area contributed by atoms with Crippen molar-refractivity contribution in [3.63, 3.8) is 0 Å². The molecule has 0 atom stereocenters. The molecular weight excluding hydrogens is 348 g/mol. The maximum atomic E-state index is 12.4. The molecule has 9 heteroatoms. The number of methoxy groups -OCH3 is 2. The third-order valence-corrected chi connectivity index (χ3v) is 4.71. The van der Waals surface area contributed by atoms with Crippen molar-refractivity contribution in [1.82, 2.24) is 4.83 Å². The molecule has 3 rings (SSSR count). The second-order valence-electron chi connectivity index (χ2n) is 4.98. The molecule has 0 spiro atoms. The minimum absolute atomic E-state index is 0.0429. The molecule has 0 saturated carbocycles. The Bertz CT molecular complexity index is 911. The number of hydrogen-bond acceptors (Lipinski definition) is 7. The van der Waals surface area contributed by atoms with Gasteiger partial charge in [0.2, 0.25) is 6.79 Å². The standard InChI is InChI=1S/C16H16N2O6S/c1-21-12-4-6-16(15(8-12)22-2)25(19,20)18-17-9-11-3-5-13-14(7-11)24-10-23-13/h3-9,18H,10H2,1-2H3/b17-9+. The van der Waals surface area contributed by atoms with Gasteiger partial charge in [0.05, 0.1) is 20.4 Å². The zero-order valence-corrected chi connectivity index (χ0v) is 14.4. The summed E-state index contributed by atoms with van der Waals surface area (Å²) in [6.45, 7) is 0.166. The summed E-state index contributed by atoms with van der Waals surface area (Å²) in [5.74, 6) is 1.87. The number of sulfonamides is 1. The lowest BCUT2D eigenvalue weighted by Gasteiger charge is -2.10. The van der Waals surface area contributed by atoms with Crippen LogP contribution in [0.15, 0.2) is 46.4 Å². The SMILES string of the molecule is COc1ccc(S(=O)(=O)N/N=C/c2ccc3c(c2)OCO3)c(OC)c1. The van der Waals surface area contributed by atoms with Gasteiger partial charge in [0.15, 0.2) is 11.5 Å². The Kier molecular flexibility index (Phi) is 4.66. The second-order valence-corrected chi connectivity index (χ2v) is 6.61. The number of nitrogens with one attached hydrogen (secondary N) is 1. The topological polar surface area (TPSA) is 95.5 Å². The van der Waals surface area contributed by atoms with Crippen LogP contribution < -0.4 is 23.8 Å². The monoisotopic (exact) mass is 364 g/mol. The number of fused-ring (bicyclic) bond motifs is 1. The Labute approximate surface area is 145 Å². The van der Waals surface area contributed by atoms with Crippen molar-refractivity contribution in [3.8, 4) is 23.0 Å². The maximum absolute atomic E-state index is 12.4. The van der Waals surface area contributed by atoms with Gasteiger partial charge in [-0.2, -0.15) is 18.4 Å². The van der Waals surface area contributed by atoms with Crippen molar-refractivity contribution in [3.05, 3.63) is 42.0 Å². The first kappa shape index (κ1) is 16.9. The van der Waals surface area contributed by atoms with Crippen LogP contribution in [0.2, 0.25) is 0 Å². The summed E-state index contributed by atoms with van der Waals surface area (Å²) in [7, 11) is -1.03. The molecule has 132 valence electrons. The lowest BCUT2D eigenvalue weighted by Crippen LogP contribution is -2.19. The lowest BCUT2D eigenvalue weighted by atomic mass is 10.2. The van der Waals surface area contributed by atoms with Crippen LogP contribution in [-0.4, -0.2) is 35.6 Å². The summed E-state index contributed by atoms with van der Waals surface area (Å²) in [6.07, 6.45) is 1.37. The predicted molar refractivity (Wildman–Crippen MR) is 90.0 cm³/mol. The number of hydrazone groups is 1. The first-order valence-corrected chi connectivity index (χ1v) is 8.68. The molecule has 25 heavy (non-hydrogen) atoms. The van der Waals surface area contributed by atoms with E-state index in [1.54, 1.807) is 18.2 Å². The van der Waals surface area contributed by atoms with E-state index in [-0.39, 0.29) is 17.4 Å². The van der Waals surface area contributed by atoms with E-state index in [1.165, 1.54) is 38.6 Å². The van der Waals surface area contributed by atoms with Crippen LogP contribution in [0.25, 0.3) is 0 Å². The molecule has 0 aliphatic carbocycles. The molecule has 0 saturated heterocycles. The third kappa shape index (κ3) is 3.61. The summed E-state index contributed by atoms with van der Waals surface area (Å²) in [6, 6.07) is 9.56. The van der Waals surface area contributed by atoms with Crippen molar-refractivity contribution in [1.29, 1.82) is 0 Å². The molecule has 1 aliphatic rings. The van der Waals surface area contributed by atoms with Crippen molar-refractivity contribution in [2.24, 2.45) is 5.10 Å². The number of benzene rings is 2. The average molecular weight is 364 g/mol. The molecule has 0 aromatic heterocycles. The Morgan fingerprint density at radius 2 is 1.88 bits per heavy atom. The molecule has 0 bridgehead atoms. The molecule has 1 heterocycles. The van der Waals surface area contributed by atoms with Gasteiger partial charge in [-0.15, -0.1) is 0 Å². The summed E-state index contributed by atoms with van der Waals surface area (Å²) >= 11 is 0. The van der Waals surface area contributed by atoms with Gasteiger partial charge in [-0.1, -0.05) is 0 Å². The minimum Gasteiger partial charge on any atom is -0.497 e. The first-order chi connectivity index (χ1) is 12.0. The van der Waals surface area contributed by atoms with E-state index in [9.17, 15) is 8.42 Å². The molecule has 8 nitrogen and oxygen atoms in total. The molecule has 0 unspecified atom stereocenters. The largest absolute Gasteiger partial charge is 0.497 e. The van der Waals surface area contributed by atoms with E-state index < -0.39 is 10.0 Å². The van der Waals surface area contributed by atoms with E-state index in [4.69, 9.17) is 18.9 Å². The summed E-state index contributed by atoms with van der Waals surface area (Å²) in [5, 5.41) is 3.79. The highest BCUT2D eigenvalue weighted by Crippen LogP contribution is 2.32. The van der Waals surface area contributed by atoms with E-state index in [0.717, 1.165) is 0 Å². The molecule has 0 amide bonds. The summed E-state index contributed by atoms with van der Waals surface area (Å²) < 4.78 is 45.4. The number of nitrogens with zero attached hydrogens (tertiary/aromatic N) is 1. The summed E-state index contributed by atoms with van der Waals surface area (Å²) in [5.41, 5.74) is 0.661. The van der Waals surface area contributed by atoms with Crippen LogP contribution in [-0.2, 0) is 10.0 Å². The number of ether oxygens (including phenoxy) is 4. The van der Waals surface area contributed by atoms with Crippen molar-refractivity contribution < 1.29 is 27.4 Å². The molecule has 0 radical (unpaired) electrons. The predicted octanol–water partition coefficient (Wildman–Crippen LogP) is 1.74. The van der Waals surface area contributed by atoms with Gasteiger partial charge in [-0.05, 0) is 35.9 Å². The van der Waals surface area contributed by atoms with Crippen LogP contribution >= 0.6 is 0 Å². The van der Waals surface area contributed by atoms with E-state index in [1.807, 2.05) is 0 Å². The van der Waals surface area contributed by atoms with Crippen molar-refractivity contribution in [2.75, 3.05) is 21.0 Å². The third-order valence-electron chi connectivity index (χ3n) is 3.44. The van der Waals surface area contributed by atoms with E-state index in [2.05, 4.69) is 9.93 Å². The number of rotatable bonds is 6. The summed E-state index contributed by atoms with van der Waals surface area (Å²) in [4.78, 5) is 2.11. The van der Waals surface area contributed by atoms with Gasteiger partial charge in [-0.3, -0.25) is 0 Å². The molecule has 1 aliphatic heterocycles. The van der Waals surface area contributed by atoms with Gasteiger partial charge in [0.25, 0.3) is 10.0 Å². The Hall–Kier alpha value is -2.94. The minimum atomic E-state index is -3.89. The average Bonchev–Trinajstić information content (AvgIpc) is 3.08. The zero-order chi connectivity index (χ0) is 17.9. The van der Waals surface area contributed by atoms with Gasteiger partial charge >= 0.3 is 0 Å².